The van der Waals surface area contributed by atoms with E-state index in [0.29, 0.717) is 0 Å². The lowest BCUT2D eigenvalue weighted by Gasteiger charge is -2.08. The van der Waals surface area contributed by atoms with Gasteiger partial charge in [0, 0.05) is 5.41 Å². The largest absolute Gasteiger partial charge is 0.281 e. The van der Waals surface area contributed by atoms with Crippen molar-refractivity contribution < 1.29 is 4.79 Å². The van der Waals surface area contributed by atoms with Crippen LogP contribution in [0.1, 0.15) is 18.4 Å². The molecule has 1 aromatic carbocycles. The summed E-state index contributed by atoms with van der Waals surface area (Å²) in [5.74, 6) is 0. The van der Waals surface area contributed by atoms with Gasteiger partial charge in [0.1, 0.15) is 0 Å². The molecule has 0 radical (unpaired) electrons. The molecule has 2 rings (SSSR count). The molecule has 68 valence electrons. The van der Waals surface area contributed by atoms with Crippen LogP contribution >= 0.6 is 11.6 Å². The van der Waals surface area contributed by atoms with Crippen LogP contribution in [0.3, 0.4) is 0 Å². The molecule has 1 aliphatic rings. The van der Waals surface area contributed by atoms with E-state index in [2.05, 4.69) is 0 Å². The van der Waals surface area contributed by atoms with E-state index in [9.17, 15) is 4.79 Å². The molecule has 1 aliphatic carbocycles. The maximum absolute atomic E-state index is 11.1. The van der Waals surface area contributed by atoms with Gasteiger partial charge in [0.05, 0.1) is 0 Å². The molecule has 2 heteroatoms. The van der Waals surface area contributed by atoms with E-state index in [1.807, 2.05) is 30.3 Å². The minimum absolute atomic E-state index is 0.170. The van der Waals surface area contributed by atoms with Crippen molar-refractivity contribution in [3.63, 3.8) is 0 Å². The molecule has 0 saturated heterocycles. The summed E-state index contributed by atoms with van der Waals surface area (Å²) >= 11 is 5.54. The molecular formula is C11H11ClO. The van der Waals surface area contributed by atoms with Crippen LogP contribution < -0.4 is 0 Å². The molecule has 1 fully saturated rings. The number of halogens is 1. The Morgan fingerprint density at radius 1 is 1.31 bits per heavy atom. The predicted molar refractivity (Wildman–Crippen MR) is 52.7 cm³/mol. The van der Waals surface area contributed by atoms with Gasteiger partial charge >= 0.3 is 0 Å². The average Bonchev–Trinajstić information content (AvgIpc) is 2.87. The normalized spacial score (nSPS) is 18.2. The fourth-order valence-corrected chi connectivity index (χ4v) is 1.84. The summed E-state index contributed by atoms with van der Waals surface area (Å²) in [4.78, 5) is 11.1. The second-order valence-corrected chi connectivity index (χ2v) is 4.06. The standard InChI is InChI=1S/C11H11ClO/c12-10(13)11(6-7-11)8-9-4-2-1-3-5-9/h1-5H,6-8H2. The summed E-state index contributed by atoms with van der Waals surface area (Å²) in [6, 6.07) is 10.0. The average molecular weight is 195 g/mol. The van der Waals surface area contributed by atoms with Crippen molar-refractivity contribution in [2.45, 2.75) is 19.3 Å². The summed E-state index contributed by atoms with van der Waals surface area (Å²) in [6.45, 7) is 0. The fraction of sp³-hybridized carbons (Fsp3) is 0.364. The van der Waals surface area contributed by atoms with Gasteiger partial charge in [0.25, 0.3) is 0 Å². The number of benzene rings is 1. The van der Waals surface area contributed by atoms with E-state index in [4.69, 9.17) is 11.6 Å². The van der Waals surface area contributed by atoms with Crippen LogP contribution in [0, 0.1) is 5.41 Å². The van der Waals surface area contributed by atoms with Crippen LogP contribution in [-0.4, -0.2) is 5.24 Å². The van der Waals surface area contributed by atoms with Gasteiger partial charge in [-0.25, -0.2) is 0 Å². The van der Waals surface area contributed by atoms with E-state index in [1.165, 1.54) is 5.56 Å². The maximum Gasteiger partial charge on any atom is 0.228 e. The van der Waals surface area contributed by atoms with Crippen molar-refractivity contribution in [1.29, 1.82) is 0 Å². The summed E-state index contributed by atoms with van der Waals surface area (Å²) in [7, 11) is 0. The Morgan fingerprint density at radius 2 is 1.92 bits per heavy atom. The number of rotatable bonds is 3. The number of hydrogen-bond acceptors (Lipinski definition) is 1. The maximum atomic E-state index is 11.1. The monoisotopic (exact) mass is 194 g/mol. The Balaban J connectivity index is 2.11. The van der Waals surface area contributed by atoms with E-state index in [1.54, 1.807) is 0 Å². The minimum Gasteiger partial charge on any atom is -0.281 e. The predicted octanol–water partition coefficient (Wildman–Crippen LogP) is 2.77. The lowest BCUT2D eigenvalue weighted by atomic mass is 9.98. The van der Waals surface area contributed by atoms with E-state index in [0.717, 1.165) is 19.3 Å². The molecule has 0 amide bonds. The number of carbonyl (C=O) groups excluding carboxylic acids is 1. The highest BCUT2D eigenvalue weighted by atomic mass is 35.5. The zero-order valence-electron chi connectivity index (χ0n) is 7.29. The van der Waals surface area contributed by atoms with Crippen molar-refractivity contribution in [2.24, 2.45) is 5.41 Å². The SMILES string of the molecule is O=C(Cl)C1(Cc2ccccc2)CC1. The third-order valence-corrected chi connectivity index (χ3v) is 3.06. The highest BCUT2D eigenvalue weighted by Crippen LogP contribution is 2.50. The third-order valence-electron chi connectivity index (χ3n) is 2.66. The zero-order chi connectivity index (χ0) is 9.31. The molecule has 0 bridgehead atoms. The van der Waals surface area contributed by atoms with E-state index >= 15 is 0 Å². The van der Waals surface area contributed by atoms with Crippen molar-refractivity contribution >= 4 is 16.8 Å². The van der Waals surface area contributed by atoms with Gasteiger partial charge in [0.2, 0.25) is 5.24 Å². The summed E-state index contributed by atoms with van der Waals surface area (Å²) < 4.78 is 0. The van der Waals surface area contributed by atoms with Gasteiger partial charge in [-0.1, -0.05) is 30.3 Å². The van der Waals surface area contributed by atoms with Gasteiger partial charge in [-0.3, -0.25) is 4.79 Å². The molecule has 13 heavy (non-hydrogen) atoms. The molecule has 1 nitrogen and oxygen atoms in total. The first-order valence-electron chi connectivity index (χ1n) is 4.47. The molecule has 0 aliphatic heterocycles. The van der Waals surface area contributed by atoms with Gasteiger partial charge in [-0.15, -0.1) is 0 Å². The number of carbonyl (C=O) groups is 1. The third kappa shape index (κ3) is 1.75. The Bertz CT molecular complexity index is 314. The molecule has 0 heterocycles. The van der Waals surface area contributed by atoms with Crippen molar-refractivity contribution in [1.82, 2.24) is 0 Å². The van der Waals surface area contributed by atoms with E-state index in [-0.39, 0.29) is 10.7 Å². The first kappa shape index (κ1) is 8.76. The molecule has 0 N–H and O–H groups in total. The van der Waals surface area contributed by atoms with Crippen LogP contribution in [0.5, 0.6) is 0 Å². The highest BCUT2D eigenvalue weighted by Gasteiger charge is 2.48. The Hall–Kier alpha value is -0.820. The van der Waals surface area contributed by atoms with E-state index < -0.39 is 0 Å². The van der Waals surface area contributed by atoms with Gasteiger partial charge in [0.15, 0.2) is 0 Å². The Kier molecular flexibility index (Phi) is 2.12. The first-order valence-corrected chi connectivity index (χ1v) is 4.85. The second-order valence-electron chi connectivity index (χ2n) is 3.72. The van der Waals surface area contributed by atoms with Crippen LogP contribution in [-0.2, 0) is 11.2 Å². The molecule has 1 saturated carbocycles. The topological polar surface area (TPSA) is 17.1 Å². The second kappa shape index (κ2) is 3.15. The summed E-state index contributed by atoms with van der Waals surface area (Å²) in [5.41, 5.74) is 0.983. The van der Waals surface area contributed by atoms with Crippen LogP contribution in [0.15, 0.2) is 30.3 Å². The molecule has 1 aromatic rings. The van der Waals surface area contributed by atoms with Crippen molar-refractivity contribution in [3.05, 3.63) is 35.9 Å². The quantitative estimate of drug-likeness (QED) is 0.677. The summed E-state index contributed by atoms with van der Waals surface area (Å²) in [6.07, 6.45) is 2.70. The van der Waals surface area contributed by atoms with Crippen LogP contribution in [0.25, 0.3) is 0 Å². The van der Waals surface area contributed by atoms with Crippen LogP contribution in [0.2, 0.25) is 0 Å². The smallest absolute Gasteiger partial charge is 0.228 e. The van der Waals surface area contributed by atoms with Crippen molar-refractivity contribution in [2.75, 3.05) is 0 Å². The zero-order valence-corrected chi connectivity index (χ0v) is 8.05. The van der Waals surface area contributed by atoms with Crippen molar-refractivity contribution in [3.8, 4) is 0 Å². The molecule has 0 unspecified atom stereocenters. The molecular weight excluding hydrogens is 184 g/mol. The fourth-order valence-electron chi connectivity index (χ4n) is 1.58. The van der Waals surface area contributed by atoms with Gasteiger partial charge < -0.3 is 0 Å². The molecule has 0 spiro atoms. The molecule has 0 aromatic heterocycles. The van der Waals surface area contributed by atoms with Gasteiger partial charge in [-0.2, -0.15) is 0 Å². The van der Waals surface area contributed by atoms with Gasteiger partial charge in [-0.05, 0) is 36.4 Å². The first-order chi connectivity index (χ1) is 6.23. The number of hydrogen-bond donors (Lipinski definition) is 0. The lowest BCUT2D eigenvalue weighted by Crippen LogP contribution is -2.12. The Morgan fingerprint density at radius 3 is 2.38 bits per heavy atom. The Labute approximate surface area is 82.7 Å². The minimum atomic E-state index is -0.219. The highest BCUT2D eigenvalue weighted by molar-refractivity contribution is 6.65. The lowest BCUT2D eigenvalue weighted by molar-refractivity contribution is -0.116. The molecule has 0 atom stereocenters. The van der Waals surface area contributed by atoms with Crippen LogP contribution in [0.4, 0.5) is 0 Å². The summed E-state index contributed by atoms with van der Waals surface area (Å²) in [5, 5.41) is -0.170.